The van der Waals surface area contributed by atoms with Crippen LogP contribution in [-0.2, 0) is 6.54 Å². The molecule has 0 radical (unpaired) electrons. The molecule has 0 aliphatic rings. The molecule has 20 heavy (non-hydrogen) atoms. The summed E-state index contributed by atoms with van der Waals surface area (Å²) in [7, 11) is 1.82. The van der Waals surface area contributed by atoms with E-state index in [-0.39, 0.29) is 18.1 Å². The van der Waals surface area contributed by atoms with Gasteiger partial charge in [0.05, 0.1) is 6.54 Å². The summed E-state index contributed by atoms with van der Waals surface area (Å²) in [6, 6.07) is 8.49. The van der Waals surface area contributed by atoms with Crippen LogP contribution in [0, 0.1) is 19.7 Å². The number of rotatable bonds is 5. The highest BCUT2D eigenvalue weighted by Gasteiger charge is 2.14. The van der Waals surface area contributed by atoms with Gasteiger partial charge in [-0.05, 0) is 33.0 Å². The normalized spacial score (nSPS) is 11.1. The molecule has 1 aromatic carbocycles. The molecular weight excluding hydrogens is 255 g/mol. The van der Waals surface area contributed by atoms with Crippen molar-refractivity contribution in [3.05, 3.63) is 58.7 Å². The van der Waals surface area contributed by atoms with Crippen LogP contribution in [0.25, 0.3) is 0 Å². The lowest BCUT2D eigenvalue weighted by molar-refractivity contribution is 0.0942. The summed E-state index contributed by atoms with van der Waals surface area (Å²) < 4.78 is 13.6. The smallest absolute Gasteiger partial charge is 0.178 e. The van der Waals surface area contributed by atoms with Gasteiger partial charge in [0, 0.05) is 29.1 Å². The lowest BCUT2D eigenvalue weighted by Gasteiger charge is -2.16. The van der Waals surface area contributed by atoms with Crippen molar-refractivity contribution >= 4 is 5.78 Å². The standard InChI is InChI=1S/C16H19FN2O/c1-11-8-14(12(2)18-11)16(20)10-19(3)9-13-6-4-5-7-15(13)17/h4-8,18H,9-10H2,1-3H3. The number of Topliss-reactive ketones (excluding diaryl/α,β-unsaturated/α-hetero) is 1. The molecule has 4 heteroatoms. The molecule has 0 atom stereocenters. The van der Waals surface area contributed by atoms with Gasteiger partial charge in [-0.1, -0.05) is 18.2 Å². The third-order valence-corrected chi connectivity index (χ3v) is 3.26. The number of carbonyl (C=O) groups excluding carboxylic acids is 1. The second-order valence-corrected chi connectivity index (χ2v) is 5.18. The van der Waals surface area contributed by atoms with E-state index >= 15 is 0 Å². The van der Waals surface area contributed by atoms with Gasteiger partial charge in [0.1, 0.15) is 5.82 Å². The molecule has 2 aromatic rings. The van der Waals surface area contributed by atoms with Gasteiger partial charge in [-0.3, -0.25) is 9.69 Å². The first-order valence-corrected chi connectivity index (χ1v) is 6.58. The van der Waals surface area contributed by atoms with Gasteiger partial charge >= 0.3 is 0 Å². The summed E-state index contributed by atoms with van der Waals surface area (Å²) in [4.78, 5) is 17.2. The topological polar surface area (TPSA) is 36.1 Å². The number of aryl methyl sites for hydroxylation is 2. The van der Waals surface area contributed by atoms with E-state index in [2.05, 4.69) is 4.98 Å². The minimum Gasteiger partial charge on any atom is -0.362 e. The van der Waals surface area contributed by atoms with Crippen molar-refractivity contribution in [1.82, 2.24) is 9.88 Å². The minimum atomic E-state index is -0.236. The number of nitrogens with zero attached hydrogens (tertiary/aromatic N) is 1. The number of aromatic nitrogens is 1. The van der Waals surface area contributed by atoms with E-state index in [4.69, 9.17) is 0 Å². The van der Waals surface area contributed by atoms with Crippen molar-refractivity contribution in [2.45, 2.75) is 20.4 Å². The molecule has 106 valence electrons. The molecule has 0 saturated heterocycles. The molecule has 0 aliphatic heterocycles. The van der Waals surface area contributed by atoms with Gasteiger partial charge < -0.3 is 4.98 Å². The third kappa shape index (κ3) is 3.33. The van der Waals surface area contributed by atoms with Crippen molar-refractivity contribution in [1.29, 1.82) is 0 Å². The fourth-order valence-corrected chi connectivity index (χ4v) is 2.32. The van der Waals surface area contributed by atoms with Gasteiger partial charge in [-0.15, -0.1) is 0 Å². The largest absolute Gasteiger partial charge is 0.362 e. The molecule has 3 nitrogen and oxygen atoms in total. The second kappa shape index (κ2) is 6.01. The van der Waals surface area contributed by atoms with Crippen molar-refractivity contribution in [3.8, 4) is 0 Å². The van der Waals surface area contributed by atoms with Gasteiger partial charge in [-0.25, -0.2) is 4.39 Å². The average molecular weight is 274 g/mol. The number of carbonyl (C=O) groups is 1. The summed E-state index contributed by atoms with van der Waals surface area (Å²) in [5.74, 6) is -0.189. The first kappa shape index (κ1) is 14.5. The quantitative estimate of drug-likeness (QED) is 0.851. The maximum atomic E-state index is 13.6. The van der Waals surface area contributed by atoms with E-state index in [9.17, 15) is 9.18 Å². The van der Waals surface area contributed by atoms with Crippen LogP contribution in [0.4, 0.5) is 4.39 Å². The molecule has 0 aliphatic carbocycles. The molecule has 1 aromatic heterocycles. The summed E-state index contributed by atoms with van der Waals surface area (Å²) in [5.41, 5.74) is 3.17. The average Bonchev–Trinajstić information content (AvgIpc) is 2.71. The van der Waals surface area contributed by atoms with Crippen LogP contribution in [0.1, 0.15) is 27.3 Å². The van der Waals surface area contributed by atoms with Crippen molar-refractivity contribution in [2.75, 3.05) is 13.6 Å². The van der Waals surface area contributed by atoms with Gasteiger partial charge in [-0.2, -0.15) is 0 Å². The van der Waals surface area contributed by atoms with Crippen LogP contribution >= 0.6 is 0 Å². The third-order valence-electron chi connectivity index (χ3n) is 3.26. The molecule has 0 amide bonds. The number of aromatic amines is 1. The zero-order valence-electron chi connectivity index (χ0n) is 12.0. The Morgan fingerprint density at radius 1 is 1.30 bits per heavy atom. The number of likely N-dealkylation sites (N-methyl/N-ethyl adjacent to an activating group) is 1. The van der Waals surface area contributed by atoms with Gasteiger partial charge in [0.15, 0.2) is 5.78 Å². The van der Waals surface area contributed by atoms with E-state index in [1.807, 2.05) is 31.9 Å². The number of hydrogen-bond acceptors (Lipinski definition) is 2. The van der Waals surface area contributed by atoms with E-state index in [0.29, 0.717) is 17.7 Å². The van der Waals surface area contributed by atoms with Gasteiger partial charge in [0.25, 0.3) is 0 Å². The monoisotopic (exact) mass is 274 g/mol. The van der Waals surface area contributed by atoms with Crippen LogP contribution in [-0.4, -0.2) is 29.3 Å². The van der Waals surface area contributed by atoms with Crippen LogP contribution < -0.4 is 0 Å². The van der Waals surface area contributed by atoms with E-state index < -0.39 is 0 Å². The SMILES string of the molecule is Cc1cc(C(=O)CN(C)Cc2ccccc2F)c(C)[nH]1. The Morgan fingerprint density at radius 3 is 2.60 bits per heavy atom. The summed E-state index contributed by atoms with van der Waals surface area (Å²) in [6.45, 7) is 4.50. The van der Waals surface area contributed by atoms with Crippen molar-refractivity contribution < 1.29 is 9.18 Å². The molecule has 0 spiro atoms. The number of H-pyrrole nitrogens is 1. The lowest BCUT2D eigenvalue weighted by Crippen LogP contribution is -2.26. The molecule has 2 rings (SSSR count). The Bertz CT molecular complexity index is 619. The number of ketones is 1. The molecule has 0 saturated carbocycles. The molecule has 0 bridgehead atoms. The summed E-state index contributed by atoms with van der Waals surface area (Å²) >= 11 is 0. The summed E-state index contributed by atoms with van der Waals surface area (Å²) in [6.07, 6.45) is 0. The van der Waals surface area contributed by atoms with Crippen LogP contribution in [0.3, 0.4) is 0 Å². The highest BCUT2D eigenvalue weighted by Crippen LogP contribution is 2.12. The van der Waals surface area contributed by atoms with Gasteiger partial charge in [0.2, 0.25) is 0 Å². The fourth-order valence-electron chi connectivity index (χ4n) is 2.32. The molecule has 0 fully saturated rings. The Hall–Kier alpha value is -1.94. The molecule has 0 unspecified atom stereocenters. The number of halogens is 1. The van der Waals surface area contributed by atoms with Crippen molar-refractivity contribution in [2.24, 2.45) is 0 Å². The van der Waals surface area contributed by atoms with E-state index in [1.54, 1.807) is 18.2 Å². The highest BCUT2D eigenvalue weighted by atomic mass is 19.1. The maximum Gasteiger partial charge on any atom is 0.178 e. The minimum absolute atomic E-state index is 0.0469. The molecule has 1 heterocycles. The predicted octanol–water partition coefficient (Wildman–Crippen LogP) is 3.09. The Balaban J connectivity index is 2.01. The number of hydrogen-bond donors (Lipinski definition) is 1. The van der Waals surface area contributed by atoms with Crippen LogP contribution in [0.5, 0.6) is 0 Å². The fraction of sp³-hybridized carbons (Fsp3) is 0.312. The van der Waals surface area contributed by atoms with Crippen LogP contribution in [0.2, 0.25) is 0 Å². The number of benzene rings is 1. The zero-order valence-corrected chi connectivity index (χ0v) is 12.0. The molecular formula is C16H19FN2O. The van der Waals surface area contributed by atoms with Crippen LogP contribution in [0.15, 0.2) is 30.3 Å². The molecule has 1 N–H and O–H groups in total. The van der Waals surface area contributed by atoms with E-state index in [0.717, 1.165) is 11.4 Å². The van der Waals surface area contributed by atoms with Crippen molar-refractivity contribution in [3.63, 3.8) is 0 Å². The Morgan fingerprint density at radius 2 is 2.00 bits per heavy atom. The first-order valence-electron chi connectivity index (χ1n) is 6.58. The predicted molar refractivity (Wildman–Crippen MR) is 77.3 cm³/mol. The second-order valence-electron chi connectivity index (χ2n) is 5.18. The van der Waals surface area contributed by atoms with E-state index in [1.165, 1.54) is 6.07 Å². The first-order chi connectivity index (χ1) is 9.47. The highest BCUT2D eigenvalue weighted by molar-refractivity contribution is 5.98. The zero-order chi connectivity index (χ0) is 14.7. The summed E-state index contributed by atoms with van der Waals surface area (Å²) in [5, 5.41) is 0. The maximum absolute atomic E-state index is 13.6. The Kier molecular flexibility index (Phi) is 4.35. The number of nitrogens with one attached hydrogen (secondary N) is 1. The Labute approximate surface area is 118 Å². The lowest BCUT2D eigenvalue weighted by atomic mass is 10.1.